The third kappa shape index (κ3) is 57.9. The normalized spacial score (nSPS) is 12.6. The number of aliphatic hydroxyl groups is 2. The summed E-state index contributed by atoms with van der Waals surface area (Å²) in [4.78, 5) is 24.6. The first kappa shape index (κ1) is 70.6. The largest absolute Gasteiger partial charge is 0.466 e. The molecular formula is C66H129NO5. The van der Waals surface area contributed by atoms with E-state index in [1.54, 1.807) is 0 Å². The highest BCUT2D eigenvalue weighted by Crippen LogP contribution is 2.19. The number of amides is 1. The fourth-order valence-electron chi connectivity index (χ4n) is 10.5. The Bertz CT molecular complexity index is 1080. The molecule has 0 rings (SSSR count). The highest BCUT2D eigenvalue weighted by atomic mass is 16.5. The van der Waals surface area contributed by atoms with Gasteiger partial charge in [-0.05, 0) is 51.4 Å². The molecule has 3 N–H and O–H groups in total. The summed E-state index contributed by atoms with van der Waals surface area (Å²) in [6.07, 6.45) is 75.2. The van der Waals surface area contributed by atoms with Gasteiger partial charge in [-0.3, -0.25) is 9.59 Å². The van der Waals surface area contributed by atoms with Crippen molar-refractivity contribution < 1.29 is 24.5 Å². The summed E-state index contributed by atoms with van der Waals surface area (Å²) in [5.41, 5.74) is 0. The summed E-state index contributed by atoms with van der Waals surface area (Å²) in [5, 5.41) is 23.4. The third-order valence-electron chi connectivity index (χ3n) is 15.6. The lowest BCUT2D eigenvalue weighted by molar-refractivity contribution is -0.143. The van der Waals surface area contributed by atoms with Gasteiger partial charge < -0.3 is 20.3 Å². The molecule has 1 amide bonds. The number of aliphatic hydroxyl groups excluding tert-OH is 2. The van der Waals surface area contributed by atoms with Crippen LogP contribution in [0.25, 0.3) is 0 Å². The van der Waals surface area contributed by atoms with Crippen LogP contribution in [0.2, 0.25) is 0 Å². The van der Waals surface area contributed by atoms with Gasteiger partial charge in [-0.2, -0.15) is 0 Å². The van der Waals surface area contributed by atoms with Crippen LogP contribution < -0.4 is 5.32 Å². The fraction of sp³-hybridized carbons (Fsp3) is 0.939. The molecule has 428 valence electrons. The Morgan fingerprint density at radius 2 is 0.653 bits per heavy atom. The molecule has 0 bridgehead atoms. The molecular weight excluding hydrogens is 887 g/mol. The number of nitrogens with one attached hydrogen (secondary N) is 1. The molecule has 0 fully saturated rings. The van der Waals surface area contributed by atoms with E-state index in [2.05, 4.69) is 31.3 Å². The topological polar surface area (TPSA) is 95.9 Å². The molecule has 0 radical (unpaired) electrons. The summed E-state index contributed by atoms with van der Waals surface area (Å²) in [5.74, 6) is -0.0664. The average molecular weight is 1020 g/mol. The van der Waals surface area contributed by atoms with Crippen LogP contribution in [0.3, 0.4) is 0 Å². The molecule has 0 aromatic rings. The zero-order valence-electron chi connectivity index (χ0n) is 48.9. The van der Waals surface area contributed by atoms with Crippen molar-refractivity contribution in [2.24, 2.45) is 0 Å². The van der Waals surface area contributed by atoms with Crippen LogP contribution in [-0.2, 0) is 14.3 Å². The SMILES string of the molecule is CCCCCCCCCCCCCCCCCCCCCCCCCC(O)C(CO)NC(=O)CCCCC/C=C\CCCCCCCCOC(=O)CCCCCCCCCCCCCCCCCCCCC. The minimum atomic E-state index is -0.682. The van der Waals surface area contributed by atoms with Crippen molar-refractivity contribution in [3.05, 3.63) is 12.2 Å². The second-order valence-corrected chi connectivity index (χ2v) is 22.8. The minimum absolute atomic E-state index is 0.00634. The van der Waals surface area contributed by atoms with Gasteiger partial charge in [-0.1, -0.05) is 321 Å². The maximum absolute atomic E-state index is 12.5. The zero-order valence-corrected chi connectivity index (χ0v) is 48.9. The minimum Gasteiger partial charge on any atom is -0.466 e. The Morgan fingerprint density at radius 1 is 0.375 bits per heavy atom. The van der Waals surface area contributed by atoms with E-state index in [1.807, 2.05) is 0 Å². The van der Waals surface area contributed by atoms with Crippen molar-refractivity contribution >= 4 is 11.9 Å². The second kappa shape index (κ2) is 62.1. The van der Waals surface area contributed by atoms with Gasteiger partial charge in [-0.15, -0.1) is 0 Å². The van der Waals surface area contributed by atoms with Crippen molar-refractivity contribution in [1.29, 1.82) is 0 Å². The van der Waals surface area contributed by atoms with Crippen LogP contribution in [0.5, 0.6) is 0 Å². The Labute approximate surface area is 450 Å². The van der Waals surface area contributed by atoms with E-state index in [-0.39, 0.29) is 18.5 Å². The highest BCUT2D eigenvalue weighted by Gasteiger charge is 2.20. The third-order valence-corrected chi connectivity index (χ3v) is 15.6. The van der Waals surface area contributed by atoms with E-state index >= 15 is 0 Å². The first-order valence-electron chi connectivity index (χ1n) is 32.9. The van der Waals surface area contributed by atoms with Crippen molar-refractivity contribution in [1.82, 2.24) is 5.32 Å². The summed E-state index contributed by atoms with van der Waals surface area (Å²) in [6, 6.07) is -0.562. The fourth-order valence-corrected chi connectivity index (χ4v) is 10.5. The summed E-state index contributed by atoms with van der Waals surface area (Å²) >= 11 is 0. The molecule has 0 heterocycles. The van der Waals surface area contributed by atoms with Gasteiger partial charge in [-0.25, -0.2) is 0 Å². The van der Waals surface area contributed by atoms with Gasteiger partial charge in [0.25, 0.3) is 0 Å². The van der Waals surface area contributed by atoms with Crippen LogP contribution in [0.4, 0.5) is 0 Å². The van der Waals surface area contributed by atoms with Gasteiger partial charge >= 0.3 is 5.97 Å². The first-order valence-corrected chi connectivity index (χ1v) is 32.9. The van der Waals surface area contributed by atoms with E-state index in [9.17, 15) is 19.8 Å². The van der Waals surface area contributed by atoms with Crippen molar-refractivity contribution in [3.63, 3.8) is 0 Å². The molecule has 2 unspecified atom stereocenters. The Hall–Kier alpha value is -1.40. The molecule has 72 heavy (non-hydrogen) atoms. The van der Waals surface area contributed by atoms with E-state index in [4.69, 9.17) is 4.74 Å². The van der Waals surface area contributed by atoms with Gasteiger partial charge in [0, 0.05) is 12.8 Å². The van der Waals surface area contributed by atoms with Crippen molar-refractivity contribution in [2.45, 2.75) is 386 Å². The molecule has 2 atom stereocenters. The van der Waals surface area contributed by atoms with E-state index in [0.29, 0.717) is 25.9 Å². The van der Waals surface area contributed by atoms with E-state index < -0.39 is 12.1 Å². The number of hydrogen-bond acceptors (Lipinski definition) is 5. The van der Waals surface area contributed by atoms with Crippen LogP contribution in [-0.4, -0.2) is 47.4 Å². The number of allylic oxidation sites excluding steroid dienone is 2. The van der Waals surface area contributed by atoms with Gasteiger partial charge in [0.1, 0.15) is 0 Å². The number of unbranched alkanes of at least 4 members (excludes halogenated alkanes) is 49. The van der Waals surface area contributed by atoms with Crippen molar-refractivity contribution in [3.8, 4) is 0 Å². The molecule has 0 aliphatic carbocycles. The molecule has 0 saturated carbocycles. The lowest BCUT2D eigenvalue weighted by atomic mass is 10.0. The van der Waals surface area contributed by atoms with E-state index in [1.165, 1.54) is 270 Å². The predicted octanol–water partition coefficient (Wildman–Crippen LogP) is 20.8. The molecule has 0 spiro atoms. The molecule has 6 nitrogen and oxygen atoms in total. The number of rotatable bonds is 62. The lowest BCUT2D eigenvalue weighted by Gasteiger charge is -2.22. The lowest BCUT2D eigenvalue weighted by Crippen LogP contribution is -2.45. The quantitative estimate of drug-likeness (QED) is 0.0320. The molecule has 0 saturated heterocycles. The monoisotopic (exact) mass is 1020 g/mol. The van der Waals surface area contributed by atoms with Crippen molar-refractivity contribution in [2.75, 3.05) is 13.2 Å². The predicted molar refractivity (Wildman–Crippen MR) is 315 cm³/mol. The van der Waals surface area contributed by atoms with Crippen LogP contribution in [0.15, 0.2) is 12.2 Å². The average Bonchev–Trinajstić information content (AvgIpc) is 3.38. The summed E-state index contributed by atoms with van der Waals surface area (Å²) in [6.45, 7) is 4.95. The standard InChI is InChI=1S/C66H129NO5/c1-3-5-7-9-11-13-15-17-19-21-23-24-25-26-28-29-31-34-38-42-46-50-54-58-64(69)63(62-68)67-65(70)59-55-51-47-43-39-35-33-37-41-45-49-53-57-61-72-66(71)60-56-52-48-44-40-36-32-30-27-22-20-18-16-14-12-10-8-6-4-2/h35,39,63-64,68-69H,3-34,36-38,40-62H2,1-2H3,(H,67,70)/b39-35-. The molecule has 0 aliphatic rings. The highest BCUT2D eigenvalue weighted by molar-refractivity contribution is 5.76. The summed E-state index contributed by atoms with van der Waals surface area (Å²) < 4.78 is 5.49. The maximum atomic E-state index is 12.5. The maximum Gasteiger partial charge on any atom is 0.305 e. The number of hydrogen-bond donors (Lipinski definition) is 3. The van der Waals surface area contributed by atoms with Crippen LogP contribution >= 0.6 is 0 Å². The van der Waals surface area contributed by atoms with E-state index in [0.717, 1.165) is 70.6 Å². The Morgan fingerprint density at radius 3 is 1.00 bits per heavy atom. The molecule has 0 aromatic heterocycles. The zero-order chi connectivity index (χ0) is 52.2. The smallest absolute Gasteiger partial charge is 0.305 e. The second-order valence-electron chi connectivity index (χ2n) is 22.8. The Balaban J connectivity index is 3.45. The van der Waals surface area contributed by atoms with Gasteiger partial charge in [0.15, 0.2) is 0 Å². The summed E-state index contributed by atoms with van der Waals surface area (Å²) in [7, 11) is 0. The number of carbonyl (C=O) groups excluding carboxylic acids is 2. The molecule has 6 heteroatoms. The number of ether oxygens (including phenoxy) is 1. The molecule has 0 aromatic carbocycles. The number of esters is 1. The van der Waals surface area contributed by atoms with Crippen LogP contribution in [0.1, 0.15) is 373 Å². The Kier molecular flexibility index (Phi) is 60.9. The molecule has 0 aliphatic heterocycles. The van der Waals surface area contributed by atoms with Crippen LogP contribution in [0, 0.1) is 0 Å². The number of carbonyl (C=O) groups is 2. The van der Waals surface area contributed by atoms with Gasteiger partial charge in [0.05, 0.1) is 25.4 Å². The van der Waals surface area contributed by atoms with Gasteiger partial charge in [0.2, 0.25) is 5.91 Å². The first-order chi connectivity index (χ1) is 35.5.